The van der Waals surface area contributed by atoms with Crippen LogP contribution in [0.1, 0.15) is 29.6 Å². The fourth-order valence-corrected chi connectivity index (χ4v) is 1.80. The predicted octanol–water partition coefficient (Wildman–Crippen LogP) is 3.02. The molecule has 3 heteroatoms. The van der Waals surface area contributed by atoms with Crippen molar-refractivity contribution < 1.29 is 9.21 Å². The fourth-order valence-electron chi connectivity index (χ4n) is 1.36. The molecule has 64 valence electrons. The molecule has 1 heterocycles. The molecular weight excluding hydrogens is 220 g/mol. The molecule has 0 N–H and O–H groups in total. The standard InChI is InChI=1S/C9H9BrO2/c10-9-7(4-5-12-9)8(11)6-2-1-3-6/h4-6H,1-3H2. The van der Waals surface area contributed by atoms with Crippen LogP contribution in [0, 0.1) is 5.92 Å². The first-order valence-corrected chi connectivity index (χ1v) is 4.85. The van der Waals surface area contributed by atoms with E-state index in [4.69, 9.17) is 4.42 Å². The van der Waals surface area contributed by atoms with Crippen molar-refractivity contribution in [1.29, 1.82) is 0 Å². The Kier molecular flexibility index (Phi) is 2.05. The van der Waals surface area contributed by atoms with Crippen LogP contribution in [0.3, 0.4) is 0 Å². The number of hydrogen-bond donors (Lipinski definition) is 0. The fraction of sp³-hybridized carbons (Fsp3) is 0.444. The third-order valence-corrected chi connectivity index (χ3v) is 2.97. The zero-order chi connectivity index (χ0) is 8.55. The quantitative estimate of drug-likeness (QED) is 0.729. The van der Waals surface area contributed by atoms with E-state index in [1.165, 1.54) is 12.7 Å². The molecule has 0 saturated heterocycles. The molecule has 1 aliphatic rings. The average Bonchev–Trinajstić information content (AvgIpc) is 2.31. The van der Waals surface area contributed by atoms with Crippen molar-refractivity contribution in [3.05, 3.63) is 22.6 Å². The lowest BCUT2D eigenvalue weighted by molar-refractivity contribution is 0.0853. The molecule has 2 nitrogen and oxygen atoms in total. The maximum atomic E-state index is 11.6. The summed E-state index contributed by atoms with van der Waals surface area (Å²) >= 11 is 3.20. The predicted molar refractivity (Wildman–Crippen MR) is 48.1 cm³/mol. The van der Waals surface area contributed by atoms with Crippen molar-refractivity contribution in [3.8, 4) is 0 Å². The largest absolute Gasteiger partial charge is 0.457 e. The summed E-state index contributed by atoms with van der Waals surface area (Å²) in [5.41, 5.74) is 0.694. The summed E-state index contributed by atoms with van der Waals surface area (Å²) in [4.78, 5) is 11.6. The SMILES string of the molecule is O=C(c1ccoc1Br)C1CCC1. The highest BCUT2D eigenvalue weighted by Crippen LogP contribution is 2.32. The van der Waals surface area contributed by atoms with Gasteiger partial charge in [0, 0.05) is 5.92 Å². The number of hydrogen-bond acceptors (Lipinski definition) is 2. The van der Waals surface area contributed by atoms with E-state index in [2.05, 4.69) is 15.9 Å². The summed E-state index contributed by atoms with van der Waals surface area (Å²) < 4.78 is 5.57. The summed E-state index contributed by atoms with van der Waals surface area (Å²) in [5, 5.41) is 0. The van der Waals surface area contributed by atoms with E-state index >= 15 is 0 Å². The summed E-state index contributed by atoms with van der Waals surface area (Å²) in [6.45, 7) is 0. The summed E-state index contributed by atoms with van der Waals surface area (Å²) in [6, 6.07) is 1.73. The van der Waals surface area contributed by atoms with Gasteiger partial charge in [-0.15, -0.1) is 0 Å². The molecule has 0 amide bonds. The number of Topliss-reactive ketones (excluding diaryl/α,β-unsaturated/α-hetero) is 1. The van der Waals surface area contributed by atoms with E-state index in [1.54, 1.807) is 6.07 Å². The van der Waals surface area contributed by atoms with Crippen molar-refractivity contribution in [1.82, 2.24) is 0 Å². The molecule has 0 unspecified atom stereocenters. The summed E-state index contributed by atoms with van der Waals surface area (Å²) in [6.07, 6.45) is 4.80. The Labute approximate surface area is 79.1 Å². The number of carbonyl (C=O) groups is 1. The Morgan fingerprint density at radius 3 is 2.75 bits per heavy atom. The zero-order valence-corrected chi connectivity index (χ0v) is 8.13. The second-order valence-corrected chi connectivity index (χ2v) is 3.82. The van der Waals surface area contributed by atoms with Crippen molar-refractivity contribution in [2.45, 2.75) is 19.3 Å². The number of rotatable bonds is 2. The van der Waals surface area contributed by atoms with Gasteiger partial charge in [-0.2, -0.15) is 0 Å². The highest BCUT2D eigenvalue weighted by molar-refractivity contribution is 9.10. The topological polar surface area (TPSA) is 30.2 Å². The van der Waals surface area contributed by atoms with Gasteiger partial charge >= 0.3 is 0 Å². The molecule has 0 radical (unpaired) electrons. The van der Waals surface area contributed by atoms with Gasteiger partial charge < -0.3 is 4.42 Å². The van der Waals surface area contributed by atoms with Crippen LogP contribution in [0.25, 0.3) is 0 Å². The Balaban J connectivity index is 2.19. The maximum absolute atomic E-state index is 11.6. The zero-order valence-electron chi connectivity index (χ0n) is 6.55. The minimum Gasteiger partial charge on any atom is -0.457 e. The molecule has 0 aliphatic heterocycles. The van der Waals surface area contributed by atoms with Crippen molar-refractivity contribution in [2.75, 3.05) is 0 Å². The van der Waals surface area contributed by atoms with Crippen molar-refractivity contribution >= 4 is 21.7 Å². The Hall–Kier alpha value is -0.570. The van der Waals surface area contributed by atoms with Gasteiger partial charge in [-0.05, 0) is 34.8 Å². The second-order valence-electron chi connectivity index (χ2n) is 3.10. The van der Waals surface area contributed by atoms with Crippen LogP contribution in [-0.4, -0.2) is 5.78 Å². The van der Waals surface area contributed by atoms with Crippen LogP contribution < -0.4 is 0 Å². The Morgan fingerprint density at radius 2 is 2.33 bits per heavy atom. The molecule has 1 aliphatic carbocycles. The first-order valence-electron chi connectivity index (χ1n) is 4.06. The van der Waals surface area contributed by atoms with Gasteiger partial charge in [0.2, 0.25) is 0 Å². The molecule has 0 bridgehead atoms. The molecule has 1 aromatic rings. The molecular formula is C9H9BrO2. The van der Waals surface area contributed by atoms with E-state index in [1.807, 2.05) is 0 Å². The molecule has 2 rings (SSSR count). The Morgan fingerprint density at radius 1 is 1.58 bits per heavy atom. The van der Waals surface area contributed by atoms with Gasteiger partial charge in [0.15, 0.2) is 10.5 Å². The molecule has 0 aromatic carbocycles. The highest BCUT2D eigenvalue weighted by atomic mass is 79.9. The molecule has 1 fully saturated rings. The van der Waals surface area contributed by atoms with E-state index in [0.29, 0.717) is 10.2 Å². The number of ketones is 1. The monoisotopic (exact) mass is 228 g/mol. The van der Waals surface area contributed by atoms with Gasteiger partial charge in [0.05, 0.1) is 11.8 Å². The lowest BCUT2D eigenvalue weighted by Gasteiger charge is -2.23. The van der Waals surface area contributed by atoms with Gasteiger partial charge in [0.25, 0.3) is 0 Å². The van der Waals surface area contributed by atoms with Crippen LogP contribution in [-0.2, 0) is 0 Å². The molecule has 0 spiro atoms. The second kappa shape index (κ2) is 3.05. The van der Waals surface area contributed by atoms with E-state index < -0.39 is 0 Å². The lowest BCUT2D eigenvalue weighted by Crippen LogP contribution is -2.21. The molecule has 0 atom stereocenters. The number of carbonyl (C=O) groups excluding carboxylic acids is 1. The van der Waals surface area contributed by atoms with Gasteiger partial charge in [-0.1, -0.05) is 6.42 Å². The average molecular weight is 229 g/mol. The van der Waals surface area contributed by atoms with Crippen molar-refractivity contribution in [2.24, 2.45) is 5.92 Å². The smallest absolute Gasteiger partial charge is 0.179 e. The Bertz CT molecular complexity index is 299. The van der Waals surface area contributed by atoms with Crippen LogP contribution >= 0.6 is 15.9 Å². The highest BCUT2D eigenvalue weighted by Gasteiger charge is 2.28. The van der Waals surface area contributed by atoms with Gasteiger partial charge in [-0.3, -0.25) is 4.79 Å². The molecule has 1 saturated carbocycles. The van der Waals surface area contributed by atoms with Crippen LogP contribution in [0.15, 0.2) is 21.4 Å². The first-order chi connectivity index (χ1) is 5.79. The van der Waals surface area contributed by atoms with Gasteiger partial charge in [-0.25, -0.2) is 0 Å². The normalized spacial score (nSPS) is 17.4. The van der Waals surface area contributed by atoms with Crippen LogP contribution in [0.2, 0.25) is 0 Å². The first kappa shape index (κ1) is 8.05. The van der Waals surface area contributed by atoms with Crippen LogP contribution in [0.5, 0.6) is 0 Å². The third-order valence-electron chi connectivity index (χ3n) is 2.36. The summed E-state index contributed by atoms with van der Waals surface area (Å²) in [7, 11) is 0. The lowest BCUT2D eigenvalue weighted by atomic mass is 9.80. The third kappa shape index (κ3) is 1.22. The van der Waals surface area contributed by atoms with E-state index in [0.717, 1.165) is 12.8 Å². The van der Waals surface area contributed by atoms with E-state index in [9.17, 15) is 4.79 Å². The molecule has 1 aromatic heterocycles. The maximum Gasteiger partial charge on any atom is 0.179 e. The minimum absolute atomic E-state index is 0.224. The number of halogens is 1. The van der Waals surface area contributed by atoms with Crippen LogP contribution in [0.4, 0.5) is 0 Å². The summed E-state index contributed by atoms with van der Waals surface area (Å²) in [5.74, 6) is 0.473. The minimum atomic E-state index is 0.224. The van der Waals surface area contributed by atoms with E-state index in [-0.39, 0.29) is 11.7 Å². The number of furan rings is 1. The molecule has 12 heavy (non-hydrogen) atoms. The van der Waals surface area contributed by atoms with Crippen molar-refractivity contribution in [3.63, 3.8) is 0 Å². The van der Waals surface area contributed by atoms with Gasteiger partial charge in [0.1, 0.15) is 0 Å².